The number of rotatable bonds is 6. The quantitative estimate of drug-likeness (QED) is 0.709. The van der Waals surface area contributed by atoms with E-state index in [9.17, 15) is 0 Å². The summed E-state index contributed by atoms with van der Waals surface area (Å²) in [5.74, 6) is 1.78. The van der Waals surface area contributed by atoms with Gasteiger partial charge in [-0.1, -0.05) is 30.3 Å². The number of anilines is 1. The molecule has 0 aliphatic carbocycles. The molecule has 2 aliphatic heterocycles. The van der Waals surface area contributed by atoms with Crippen molar-refractivity contribution in [1.82, 2.24) is 9.62 Å². The fourth-order valence-electron chi connectivity index (χ4n) is 4.45. The van der Waals surface area contributed by atoms with Gasteiger partial charge in [0.25, 0.3) is 0 Å². The van der Waals surface area contributed by atoms with Crippen molar-refractivity contribution in [2.75, 3.05) is 44.7 Å². The molecule has 0 aromatic heterocycles. The Labute approximate surface area is 179 Å². The molecular weight excluding hydrogens is 378 g/mol. The molecule has 0 saturated carbocycles. The molecule has 29 heavy (non-hydrogen) atoms. The Morgan fingerprint density at radius 3 is 2.59 bits per heavy atom. The van der Waals surface area contributed by atoms with Gasteiger partial charge >= 0.3 is 0 Å². The number of hydrogen-bond acceptors (Lipinski definition) is 5. The average molecular weight is 412 g/mol. The van der Waals surface area contributed by atoms with Gasteiger partial charge in [-0.2, -0.15) is 0 Å². The number of hydrogen-bond donors (Lipinski definition) is 1. The van der Waals surface area contributed by atoms with Gasteiger partial charge in [-0.15, -0.1) is 0 Å². The lowest BCUT2D eigenvalue weighted by atomic mass is 9.91. The lowest BCUT2D eigenvalue weighted by Gasteiger charge is -2.37. The smallest absolute Gasteiger partial charge is 0.142 e. The first kappa shape index (κ1) is 20.6. The van der Waals surface area contributed by atoms with Gasteiger partial charge in [0.1, 0.15) is 5.75 Å². The Kier molecular flexibility index (Phi) is 7.01. The summed E-state index contributed by atoms with van der Waals surface area (Å²) >= 11 is 1.91. The third kappa shape index (κ3) is 5.27. The van der Waals surface area contributed by atoms with Crippen molar-refractivity contribution < 1.29 is 4.74 Å². The van der Waals surface area contributed by atoms with E-state index in [-0.39, 0.29) is 0 Å². The SMILES string of the molecule is COc1ccc(SN2CCC(Cc3ccccc3)CC2)cc1N1CCNCC1C. The fraction of sp³-hybridized carbons (Fsp3) is 0.500. The fourth-order valence-corrected chi connectivity index (χ4v) is 5.44. The van der Waals surface area contributed by atoms with Crippen molar-refractivity contribution in [3.05, 3.63) is 54.1 Å². The van der Waals surface area contributed by atoms with Crippen LogP contribution in [-0.4, -0.2) is 50.2 Å². The molecule has 4 rings (SSSR count). The van der Waals surface area contributed by atoms with Crippen LogP contribution >= 0.6 is 11.9 Å². The molecule has 1 N–H and O–H groups in total. The van der Waals surface area contributed by atoms with Crippen LogP contribution in [0.15, 0.2) is 53.4 Å². The molecule has 2 aliphatic rings. The van der Waals surface area contributed by atoms with E-state index < -0.39 is 0 Å². The van der Waals surface area contributed by atoms with Crippen LogP contribution in [0.4, 0.5) is 5.69 Å². The molecule has 0 radical (unpaired) electrons. The zero-order valence-corrected chi connectivity index (χ0v) is 18.5. The highest BCUT2D eigenvalue weighted by atomic mass is 32.2. The summed E-state index contributed by atoms with van der Waals surface area (Å²) in [6.45, 7) is 7.68. The summed E-state index contributed by atoms with van der Waals surface area (Å²) in [5, 5.41) is 3.48. The molecule has 156 valence electrons. The van der Waals surface area contributed by atoms with E-state index in [1.54, 1.807) is 7.11 Å². The van der Waals surface area contributed by atoms with Crippen LogP contribution in [-0.2, 0) is 6.42 Å². The van der Waals surface area contributed by atoms with Gasteiger partial charge < -0.3 is 15.0 Å². The Bertz CT molecular complexity index is 777. The second-order valence-electron chi connectivity index (χ2n) is 8.23. The minimum absolute atomic E-state index is 0.478. The van der Waals surface area contributed by atoms with E-state index in [2.05, 4.69) is 70.0 Å². The summed E-state index contributed by atoms with van der Waals surface area (Å²) in [4.78, 5) is 3.79. The van der Waals surface area contributed by atoms with Gasteiger partial charge in [0.2, 0.25) is 0 Å². The Morgan fingerprint density at radius 1 is 1.07 bits per heavy atom. The molecule has 5 heteroatoms. The third-order valence-electron chi connectivity index (χ3n) is 6.14. The minimum atomic E-state index is 0.478. The van der Waals surface area contributed by atoms with Crippen LogP contribution in [0, 0.1) is 5.92 Å². The molecule has 2 saturated heterocycles. The first-order valence-corrected chi connectivity index (χ1v) is 11.6. The van der Waals surface area contributed by atoms with Crippen LogP contribution in [0.5, 0.6) is 5.75 Å². The van der Waals surface area contributed by atoms with Gasteiger partial charge in [-0.3, -0.25) is 0 Å². The van der Waals surface area contributed by atoms with Gasteiger partial charge in [-0.25, -0.2) is 4.31 Å². The maximum absolute atomic E-state index is 5.68. The molecule has 2 aromatic rings. The number of methoxy groups -OCH3 is 1. The number of nitrogens with one attached hydrogen (secondary N) is 1. The zero-order chi connectivity index (χ0) is 20.1. The van der Waals surface area contributed by atoms with Crippen LogP contribution in [0.3, 0.4) is 0 Å². The van der Waals surface area contributed by atoms with E-state index >= 15 is 0 Å². The van der Waals surface area contributed by atoms with Crippen molar-refractivity contribution in [1.29, 1.82) is 0 Å². The highest BCUT2D eigenvalue weighted by Gasteiger charge is 2.23. The summed E-state index contributed by atoms with van der Waals surface area (Å²) in [6, 6.07) is 18.1. The normalized spacial score (nSPS) is 21.3. The molecule has 0 spiro atoms. The number of benzene rings is 2. The molecule has 4 nitrogen and oxygen atoms in total. The second-order valence-corrected chi connectivity index (χ2v) is 9.40. The van der Waals surface area contributed by atoms with Crippen LogP contribution in [0.2, 0.25) is 0 Å². The zero-order valence-electron chi connectivity index (χ0n) is 17.6. The summed E-state index contributed by atoms with van der Waals surface area (Å²) in [6.07, 6.45) is 3.77. The molecule has 1 unspecified atom stereocenters. The van der Waals surface area contributed by atoms with Crippen LogP contribution < -0.4 is 15.0 Å². The number of piperazine rings is 1. The monoisotopic (exact) mass is 411 g/mol. The van der Waals surface area contributed by atoms with Crippen LogP contribution in [0.1, 0.15) is 25.3 Å². The van der Waals surface area contributed by atoms with Crippen LogP contribution in [0.25, 0.3) is 0 Å². The molecule has 2 aromatic carbocycles. The molecule has 0 amide bonds. The molecule has 2 heterocycles. The maximum atomic E-state index is 5.68. The van der Waals surface area contributed by atoms with Crippen molar-refractivity contribution >= 4 is 17.6 Å². The van der Waals surface area contributed by atoms with E-state index in [1.807, 2.05) is 11.9 Å². The number of piperidine rings is 1. The van der Waals surface area contributed by atoms with E-state index in [0.29, 0.717) is 6.04 Å². The molecular formula is C24H33N3OS. The predicted molar refractivity (Wildman–Crippen MR) is 123 cm³/mol. The first-order chi connectivity index (χ1) is 14.2. The van der Waals surface area contributed by atoms with E-state index in [1.165, 1.54) is 35.4 Å². The Hall–Kier alpha value is -1.69. The average Bonchev–Trinajstić information content (AvgIpc) is 2.76. The second kappa shape index (κ2) is 9.88. The molecule has 2 fully saturated rings. The maximum Gasteiger partial charge on any atom is 0.142 e. The highest BCUT2D eigenvalue weighted by Crippen LogP contribution is 2.37. The third-order valence-corrected chi connectivity index (χ3v) is 7.22. The van der Waals surface area contributed by atoms with Gasteiger partial charge in [-0.05, 0) is 67.8 Å². The minimum Gasteiger partial charge on any atom is -0.495 e. The van der Waals surface area contributed by atoms with Crippen molar-refractivity contribution in [3.63, 3.8) is 0 Å². The standard InChI is InChI=1S/C24H33N3OS/c1-19-18-25-12-15-27(19)23-17-22(8-9-24(23)28-2)29-26-13-10-21(11-14-26)16-20-6-4-3-5-7-20/h3-9,17,19,21,25H,10-16,18H2,1-2H3. The van der Waals surface area contributed by atoms with E-state index in [4.69, 9.17) is 4.74 Å². The highest BCUT2D eigenvalue weighted by molar-refractivity contribution is 7.97. The lowest BCUT2D eigenvalue weighted by Crippen LogP contribution is -2.50. The Balaban J connectivity index is 1.37. The summed E-state index contributed by atoms with van der Waals surface area (Å²) in [5.41, 5.74) is 2.70. The molecule has 1 atom stereocenters. The van der Waals surface area contributed by atoms with E-state index in [0.717, 1.165) is 44.4 Å². The van der Waals surface area contributed by atoms with Crippen molar-refractivity contribution in [2.24, 2.45) is 5.92 Å². The topological polar surface area (TPSA) is 27.7 Å². The van der Waals surface area contributed by atoms with Gasteiger partial charge in [0.05, 0.1) is 12.8 Å². The van der Waals surface area contributed by atoms with Gasteiger partial charge in [0, 0.05) is 43.7 Å². The molecule has 0 bridgehead atoms. The summed E-state index contributed by atoms with van der Waals surface area (Å²) in [7, 11) is 1.77. The largest absolute Gasteiger partial charge is 0.495 e. The predicted octanol–water partition coefficient (Wildman–Crippen LogP) is 4.46. The van der Waals surface area contributed by atoms with Gasteiger partial charge in [0.15, 0.2) is 0 Å². The Morgan fingerprint density at radius 2 is 1.86 bits per heavy atom. The lowest BCUT2D eigenvalue weighted by molar-refractivity contribution is 0.290. The number of nitrogens with zero attached hydrogens (tertiary/aromatic N) is 2. The van der Waals surface area contributed by atoms with Crippen molar-refractivity contribution in [2.45, 2.75) is 37.1 Å². The van der Waals surface area contributed by atoms with Crippen molar-refractivity contribution in [3.8, 4) is 5.75 Å². The first-order valence-electron chi connectivity index (χ1n) is 10.8. The summed E-state index contributed by atoms with van der Waals surface area (Å²) < 4.78 is 8.21. The number of ether oxygens (including phenoxy) is 1.